The zero-order valence-electron chi connectivity index (χ0n) is 14.6. The van der Waals surface area contributed by atoms with Crippen LogP contribution in [0.5, 0.6) is 0 Å². The van der Waals surface area contributed by atoms with E-state index in [1.54, 1.807) is 6.07 Å². The Morgan fingerprint density at radius 3 is 2.88 bits per heavy atom. The van der Waals surface area contributed by atoms with Crippen molar-refractivity contribution < 1.29 is 9.53 Å². The van der Waals surface area contributed by atoms with Gasteiger partial charge in [-0.3, -0.25) is 9.59 Å². The number of benzene rings is 1. The smallest absolute Gasteiger partial charge is 0.257 e. The van der Waals surface area contributed by atoms with Crippen LogP contribution in [-0.2, 0) is 4.74 Å². The number of aryl methyl sites for hydroxylation is 1. The number of aromatic amines is 1. The number of carbonyl (C=O) groups excluding carboxylic acids is 1. The summed E-state index contributed by atoms with van der Waals surface area (Å²) in [6.45, 7) is 2.48. The van der Waals surface area contributed by atoms with E-state index >= 15 is 0 Å². The summed E-state index contributed by atoms with van der Waals surface area (Å²) in [5.74, 6) is -0.314. The van der Waals surface area contributed by atoms with Crippen LogP contribution in [0.3, 0.4) is 0 Å². The van der Waals surface area contributed by atoms with E-state index in [1.165, 1.54) is 25.5 Å². The molecule has 1 aliphatic carbocycles. The lowest BCUT2D eigenvalue weighted by atomic mass is 9.82. The maximum atomic E-state index is 12.7. The lowest BCUT2D eigenvalue weighted by Crippen LogP contribution is -2.39. The summed E-state index contributed by atoms with van der Waals surface area (Å²) in [5.41, 5.74) is 1.67. The van der Waals surface area contributed by atoms with E-state index in [4.69, 9.17) is 4.74 Å². The largest absolute Gasteiger partial charge is 0.373 e. The molecule has 2 N–H and O–H groups in total. The van der Waals surface area contributed by atoms with Gasteiger partial charge in [-0.15, -0.1) is 0 Å². The number of para-hydroxylation sites is 1. The maximum Gasteiger partial charge on any atom is 0.257 e. The average Bonchev–Trinajstić information content (AvgIpc) is 2.98. The van der Waals surface area contributed by atoms with Crippen LogP contribution in [0.4, 0.5) is 0 Å². The summed E-state index contributed by atoms with van der Waals surface area (Å²) in [6, 6.07) is 5.52. The molecule has 2 aromatic rings. The zero-order valence-corrected chi connectivity index (χ0v) is 14.6. The number of hydrogen-bond donors (Lipinski definition) is 2. The molecule has 1 aliphatic heterocycles. The average molecular weight is 340 g/mol. The van der Waals surface area contributed by atoms with Crippen molar-refractivity contribution in [1.29, 1.82) is 0 Å². The lowest BCUT2D eigenvalue weighted by molar-refractivity contribution is -0.0246. The maximum absolute atomic E-state index is 12.7. The highest BCUT2D eigenvalue weighted by molar-refractivity contribution is 5.97. The first-order chi connectivity index (χ1) is 12.1. The first-order valence-corrected chi connectivity index (χ1v) is 9.14. The van der Waals surface area contributed by atoms with Gasteiger partial charge in [0.2, 0.25) is 5.43 Å². The normalized spacial score (nSPS) is 22.4. The molecule has 1 aromatic carbocycles. The number of amides is 1. The minimum absolute atomic E-state index is 0.0155. The van der Waals surface area contributed by atoms with Gasteiger partial charge in [0.15, 0.2) is 0 Å². The van der Waals surface area contributed by atoms with Crippen molar-refractivity contribution in [2.45, 2.75) is 57.1 Å². The van der Waals surface area contributed by atoms with Crippen molar-refractivity contribution in [2.24, 2.45) is 0 Å². The van der Waals surface area contributed by atoms with Crippen LogP contribution in [0.1, 0.15) is 54.4 Å². The molecule has 1 aromatic heterocycles. The SMILES string of the molecule is Cc1cccc2c(=O)c(C(=O)N[C@H]3COC4(CCCCC4)C3)c[nH]c12. The molecular formula is C20H24N2O3. The molecule has 0 unspecified atom stereocenters. The van der Waals surface area contributed by atoms with Crippen LogP contribution >= 0.6 is 0 Å². The van der Waals surface area contributed by atoms with E-state index in [2.05, 4.69) is 10.3 Å². The molecule has 1 amide bonds. The monoisotopic (exact) mass is 340 g/mol. The molecule has 1 saturated carbocycles. The predicted octanol–water partition coefficient (Wildman–Crippen LogP) is 3.06. The highest BCUT2D eigenvalue weighted by Gasteiger charge is 2.41. The molecule has 0 radical (unpaired) electrons. The quantitative estimate of drug-likeness (QED) is 0.883. The molecule has 2 aliphatic rings. The first kappa shape index (κ1) is 16.3. The van der Waals surface area contributed by atoms with E-state index in [0.29, 0.717) is 12.0 Å². The number of carbonyl (C=O) groups is 1. The van der Waals surface area contributed by atoms with Crippen molar-refractivity contribution in [3.05, 3.63) is 45.7 Å². The molecular weight excluding hydrogens is 316 g/mol. The van der Waals surface area contributed by atoms with E-state index in [9.17, 15) is 9.59 Å². The van der Waals surface area contributed by atoms with Crippen LogP contribution < -0.4 is 10.7 Å². The summed E-state index contributed by atoms with van der Waals surface area (Å²) in [4.78, 5) is 28.4. The fourth-order valence-electron chi connectivity index (χ4n) is 4.32. The number of pyridine rings is 1. The fraction of sp³-hybridized carbons (Fsp3) is 0.500. The van der Waals surface area contributed by atoms with Crippen molar-refractivity contribution >= 4 is 16.8 Å². The summed E-state index contributed by atoms with van der Waals surface area (Å²) in [5, 5.41) is 3.56. The number of ether oxygens (including phenoxy) is 1. The van der Waals surface area contributed by atoms with Gasteiger partial charge in [-0.25, -0.2) is 0 Å². The van der Waals surface area contributed by atoms with E-state index in [0.717, 1.165) is 30.3 Å². The summed E-state index contributed by atoms with van der Waals surface area (Å²) < 4.78 is 6.05. The van der Waals surface area contributed by atoms with Crippen LogP contribution in [0.15, 0.2) is 29.2 Å². The minimum atomic E-state index is -0.314. The summed E-state index contributed by atoms with van der Waals surface area (Å²) in [6.07, 6.45) is 8.20. The highest BCUT2D eigenvalue weighted by Crippen LogP contribution is 2.39. The number of rotatable bonds is 2. The Bertz CT molecular complexity index is 865. The molecule has 5 heteroatoms. The van der Waals surface area contributed by atoms with Crippen LogP contribution in [0.25, 0.3) is 10.9 Å². The summed E-state index contributed by atoms with van der Waals surface area (Å²) >= 11 is 0. The van der Waals surface area contributed by atoms with Gasteiger partial charge in [-0.2, -0.15) is 0 Å². The number of H-pyrrole nitrogens is 1. The number of nitrogens with one attached hydrogen (secondary N) is 2. The van der Waals surface area contributed by atoms with Gasteiger partial charge in [0.1, 0.15) is 5.56 Å². The van der Waals surface area contributed by atoms with Crippen molar-refractivity contribution in [3.8, 4) is 0 Å². The van der Waals surface area contributed by atoms with E-state index in [-0.39, 0.29) is 28.5 Å². The van der Waals surface area contributed by atoms with Crippen LogP contribution in [-0.4, -0.2) is 29.1 Å². The van der Waals surface area contributed by atoms with Crippen LogP contribution in [0.2, 0.25) is 0 Å². The Kier molecular flexibility index (Phi) is 4.12. The number of aromatic nitrogens is 1. The van der Waals surface area contributed by atoms with E-state index in [1.807, 2.05) is 19.1 Å². The van der Waals surface area contributed by atoms with E-state index < -0.39 is 0 Å². The molecule has 1 atom stereocenters. The lowest BCUT2D eigenvalue weighted by Gasteiger charge is -2.32. The Morgan fingerprint density at radius 1 is 1.28 bits per heavy atom. The van der Waals surface area contributed by atoms with Gasteiger partial charge in [-0.05, 0) is 37.8 Å². The van der Waals surface area contributed by atoms with Gasteiger partial charge >= 0.3 is 0 Å². The Morgan fingerprint density at radius 2 is 2.08 bits per heavy atom. The second-order valence-electron chi connectivity index (χ2n) is 7.46. The number of fused-ring (bicyclic) bond motifs is 1. The van der Waals surface area contributed by atoms with Gasteiger partial charge < -0.3 is 15.0 Å². The molecule has 132 valence electrons. The molecule has 4 rings (SSSR count). The Hall–Kier alpha value is -2.14. The Balaban J connectivity index is 1.53. The molecule has 0 bridgehead atoms. The van der Waals surface area contributed by atoms with Gasteiger partial charge in [-0.1, -0.05) is 31.4 Å². The molecule has 25 heavy (non-hydrogen) atoms. The number of hydrogen-bond acceptors (Lipinski definition) is 3. The molecule has 2 fully saturated rings. The van der Waals surface area contributed by atoms with Crippen molar-refractivity contribution in [2.75, 3.05) is 6.61 Å². The van der Waals surface area contributed by atoms with Gasteiger partial charge in [0, 0.05) is 11.6 Å². The topological polar surface area (TPSA) is 71.2 Å². The standard InChI is InChI=1S/C20H24N2O3/c1-13-6-5-7-15-17(13)21-11-16(18(15)23)19(24)22-14-10-20(25-12-14)8-3-2-4-9-20/h5-7,11,14H,2-4,8-10,12H2,1H3,(H,21,23)(H,22,24)/t14-/m1/s1. The Labute approximate surface area is 146 Å². The van der Waals surface area contributed by atoms with Crippen molar-refractivity contribution in [1.82, 2.24) is 10.3 Å². The third-order valence-corrected chi connectivity index (χ3v) is 5.68. The molecule has 2 heterocycles. The summed E-state index contributed by atoms with van der Waals surface area (Å²) in [7, 11) is 0. The second-order valence-corrected chi connectivity index (χ2v) is 7.46. The second kappa shape index (κ2) is 6.30. The fourth-order valence-corrected chi connectivity index (χ4v) is 4.32. The zero-order chi connectivity index (χ0) is 17.4. The van der Waals surface area contributed by atoms with Gasteiger partial charge in [0.25, 0.3) is 5.91 Å². The first-order valence-electron chi connectivity index (χ1n) is 9.14. The molecule has 5 nitrogen and oxygen atoms in total. The molecule has 1 spiro atoms. The third kappa shape index (κ3) is 2.97. The van der Waals surface area contributed by atoms with Crippen molar-refractivity contribution in [3.63, 3.8) is 0 Å². The molecule has 1 saturated heterocycles. The van der Waals surface area contributed by atoms with Crippen LogP contribution in [0, 0.1) is 6.92 Å². The third-order valence-electron chi connectivity index (χ3n) is 5.68. The minimum Gasteiger partial charge on any atom is -0.373 e. The highest BCUT2D eigenvalue weighted by atomic mass is 16.5. The predicted molar refractivity (Wildman–Crippen MR) is 96.9 cm³/mol. The van der Waals surface area contributed by atoms with Gasteiger partial charge in [0.05, 0.1) is 23.8 Å².